The molecular weight excluding hydrogens is 250 g/mol. The SMILES string of the molecule is O=c1c2ccccc2cnn1-c1ccc(F)cc1F. The van der Waals surface area contributed by atoms with E-state index < -0.39 is 17.2 Å². The van der Waals surface area contributed by atoms with E-state index in [1.54, 1.807) is 24.3 Å². The summed E-state index contributed by atoms with van der Waals surface area (Å²) in [7, 11) is 0. The Morgan fingerprint density at radius 3 is 2.63 bits per heavy atom. The van der Waals surface area contributed by atoms with E-state index in [1.165, 1.54) is 12.3 Å². The second-order valence-corrected chi connectivity index (χ2v) is 4.04. The summed E-state index contributed by atoms with van der Waals surface area (Å²) in [6.07, 6.45) is 1.47. The predicted octanol–water partition coefficient (Wildman–Crippen LogP) is 2.66. The van der Waals surface area contributed by atoms with Crippen molar-refractivity contribution in [2.45, 2.75) is 0 Å². The van der Waals surface area contributed by atoms with Crippen molar-refractivity contribution in [1.82, 2.24) is 9.78 Å². The highest BCUT2D eigenvalue weighted by Gasteiger charge is 2.10. The molecule has 3 rings (SSSR count). The highest BCUT2D eigenvalue weighted by Crippen LogP contribution is 2.14. The van der Waals surface area contributed by atoms with Crippen LogP contribution in [-0.2, 0) is 0 Å². The molecule has 0 aliphatic carbocycles. The third kappa shape index (κ3) is 1.89. The standard InChI is InChI=1S/C14H8F2N2O/c15-10-5-6-13(12(16)7-10)18-14(19)11-4-2-1-3-9(11)8-17-18/h1-8H. The molecule has 19 heavy (non-hydrogen) atoms. The van der Waals surface area contributed by atoms with Crippen molar-refractivity contribution in [3.63, 3.8) is 0 Å². The Hall–Kier alpha value is -2.56. The maximum absolute atomic E-state index is 13.7. The van der Waals surface area contributed by atoms with Crippen molar-refractivity contribution in [3.8, 4) is 5.69 Å². The lowest BCUT2D eigenvalue weighted by Gasteiger charge is -2.06. The van der Waals surface area contributed by atoms with Gasteiger partial charge in [0.15, 0.2) is 5.82 Å². The fourth-order valence-corrected chi connectivity index (χ4v) is 1.92. The zero-order valence-electron chi connectivity index (χ0n) is 9.68. The number of hydrogen-bond donors (Lipinski definition) is 0. The molecule has 0 N–H and O–H groups in total. The molecule has 0 unspecified atom stereocenters. The van der Waals surface area contributed by atoms with Crippen LogP contribution in [0.2, 0.25) is 0 Å². The van der Waals surface area contributed by atoms with Gasteiger partial charge in [-0.2, -0.15) is 9.78 Å². The minimum absolute atomic E-state index is 0.0721. The number of hydrogen-bond acceptors (Lipinski definition) is 2. The molecule has 0 aliphatic heterocycles. The molecule has 0 saturated heterocycles. The molecular formula is C14H8F2N2O. The van der Waals surface area contributed by atoms with Crippen LogP contribution in [0.3, 0.4) is 0 Å². The maximum atomic E-state index is 13.7. The van der Waals surface area contributed by atoms with E-state index in [0.717, 1.165) is 16.8 Å². The Balaban J connectivity index is 2.31. The molecule has 0 amide bonds. The van der Waals surface area contributed by atoms with E-state index in [0.29, 0.717) is 10.8 Å². The van der Waals surface area contributed by atoms with E-state index in [-0.39, 0.29) is 5.69 Å². The summed E-state index contributed by atoms with van der Waals surface area (Å²) in [6.45, 7) is 0. The lowest BCUT2D eigenvalue weighted by atomic mass is 10.2. The lowest BCUT2D eigenvalue weighted by molar-refractivity contribution is 0.571. The fourth-order valence-electron chi connectivity index (χ4n) is 1.92. The van der Waals surface area contributed by atoms with E-state index >= 15 is 0 Å². The molecule has 0 bridgehead atoms. The molecule has 1 aromatic heterocycles. The summed E-state index contributed by atoms with van der Waals surface area (Å²) < 4.78 is 27.5. The van der Waals surface area contributed by atoms with Gasteiger partial charge in [0.1, 0.15) is 11.5 Å². The zero-order valence-corrected chi connectivity index (χ0v) is 9.68. The van der Waals surface area contributed by atoms with Crippen LogP contribution >= 0.6 is 0 Å². The molecule has 0 aliphatic rings. The van der Waals surface area contributed by atoms with Crippen LogP contribution in [0.5, 0.6) is 0 Å². The first-order valence-electron chi connectivity index (χ1n) is 5.59. The number of benzene rings is 2. The number of rotatable bonds is 1. The topological polar surface area (TPSA) is 34.9 Å². The van der Waals surface area contributed by atoms with Crippen molar-refractivity contribution in [2.75, 3.05) is 0 Å². The lowest BCUT2D eigenvalue weighted by Crippen LogP contribution is -2.21. The van der Waals surface area contributed by atoms with Crippen molar-refractivity contribution in [3.05, 3.63) is 70.6 Å². The highest BCUT2D eigenvalue weighted by molar-refractivity contribution is 5.80. The average molecular weight is 258 g/mol. The third-order valence-electron chi connectivity index (χ3n) is 2.83. The van der Waals surface area contributed by atoms with Gasteiger partial charge in [-0.25, -0.2) is 8.78 Å². The quantitative estimate of drug-likeness (QED) is 0.672. The summed E-state index contributed by atoms with van der Waals surface area (Å²) in [4.78, 5) is 12.2. The normalized spacial score (nSPS) is 10.8. The van der Waals surface area contributed by atoms with Gasteiger partial charge in [0.2, 0.25) is 0 Å². The third-order valence-corrected chi connectivity index (χ3v) is 2.83. The van der Waals surface area contributed by atoms with Gasteiger partial charge in [-0.05, 0) is 18.2 Å². The molecule has 3 nitrogen and oxygen atoms in total. The van der Waals surface area contributed by atoms with Crippen LogP contribution in [0, 0.1) is 11.6 Å². The molecule has 0 atom stereocenters. The number of halogens is 2. The molecule has 0 saturated carbocycles. The summed E-state index contributed by atoms with van der Waals surface area (Å²) in [5.74, 6) is -1.53. The predicted molar refractivity (Wildman–Crippen MR) is 67.3 cm³/mol. The van der Waals surface area contributed by atoms with Crippen LogP contribution in [0.25, 0.3) is 16.5 Å². The first kappa shape index (κ1) is 11.5. The summed E-state index contributed by atoms with van der Waals surface area (Å²) >= 11 is 0. The number of nitrogens with zero attached hydrogens (tertiary/aromatic N) is 2. The molecule has 3 aromatic rings. The van der Waals surface area contributed by atoms with Crippen molar-refractivity contribution in [1.29, 1.82) is 0 Å². The Morgan fingerprint density at radius 2 is 1.84 bits per heavy atom. The maximum Gasteiger partial charge on any atom is 0.279 e. The Labute approximate surface area is 106 Å². The summed E-state index contributed by atoms with van der Waals surface area (Å²) in [6, 6.07) is 9.88. The van der Waals surface area contributed by atoms with Crippen LogP contribution in [0.4, 0.5) is 8.78 Å². The van der Waals surface area contributed by atoms with E-state index in [4.69, 9.17) is 0 Å². The Morgan fingerprint density at radius 1 is 1.05 bits per heavy atom. The van der Waals surface area contributed by atoms with Crippen molar-refractivity contribution in [2.24, 2.45) is 0 Å². The van der Waals surface area contributed by atoms with E-state index in [2.05, 4.69) is 5.10 Å². The highest BCUT2D eigenvalue weighted by atomic mass is 19.1. The minimum atomic E-state index is -0.829. The molecule has 0 fully saturated rings. The Bertz CT molecular complexity index is 827. The monoisotopic (exact) mass is 258 g/mol. The smallest absolute Gasteiger partial charge is 0.267 e. The minimum Gasteiger partial charge on any atom is -0.267 e. The van der Waals surface area contributed by atoms with E-state index in [9.17, 15) is 13.6 Å². The first-order valence-corrected chi connectivity index (χ1v) is 5.59. The summed E-state index contributed by atoms with van der Waals surface area (Å²) in [5, 5.41) is 5.01. The van der Waals surface area contributed by atoms with Crippen LogP contribution < -0.4 is 5.56 Å². The molecule has 0 spiro atoms. The summed E-state index contributed by atoms with van der Waals surface area (Å²) in [5.41, 5.74) is -0.513. The zero-order chi connectivity index (χ0) is 13.4. The van der Waals surface area contributed by atoms with Crippen LogP contribution in [0.1, 0.15) is 0 Å². The molecule has 5 heteroatoms. The molecule has 2 aromatic carbocycles. The Kier molecular flexibility index (Phi) is 2.59. The molecule has 94 valence electrons. The van der Waals surface area contributed by atoms with Gasteiger partial charge < -0.3 is 0 Å². The average Bonchev–Trinajstić information content (AvgIpc) is 2.41. The van der Waals surface area contributed by atoms with Crippen molar-refractivity contribution >= 4 is 10.8 Å². The number of fused-ring (bicyclic) bond motifs is 1. The van der Waals surface area contributed by atoms with Crippen molar-refractivity contribution < 1.29 is 8.78 Å². The van der Waals surface area contributed by atoms with Gasteiger partial charge in [0.05, 0.1) is 11.6 Å². The second-order valence-electron chi connectivity index (χ2n) is 4.04. The number of aromatic nitrogens is 2. The molecule has 1 heterocycles. The molecule has 0 radical (unpaired) electrons. The van der Waals surface area contributed by atoms with Gasteiger partial charge in [-0.15, -0.1) is 0 Å². The second kappa shape index (κ2) is 4.28. The van der Waals surface area contributed by atoms with Gasteiger partial charge in [-0.1, -0.05) is 18.2 Å². The van der Waals surface area contributed by atoms with E-state index in [1.807, 2.05) is 0 Å². The van der Waals surface area contributed by atoms with Crippen LogP contribution in [-0.4, -0.2) is 9.78 Å². The van der Waals surface area contributed by atoms with Crippen LogP contribution in [0.15, 0.2) is 53.5 Å². The van der Waals surface area contributed by atoms with Gasteiger partial charge >= 0.3 is 0 Å². The van der Waals surface area contributed by atoms with Gasteiger partial charge in [-0.3, -0.25) is 4.79 Å². The fraction of sp³-hybridized carbons (Fsp3) is 0. The van der Waals surface area contributed by atoms with Gasteiger partial charge in [0.25, 0.3) is 5.56 Å². The van der Waals surface area contributed by atoms with Gasteiger partial charge in [0, 0.05) is 11.5 Å². The first-order chi connectivity index (χ1) is 9.16. The largest absolute Gasteiger partial charge is 0.279 e.